The van der Waals surface area contributed by atoms with E-state index in [4.69, 9.17) is 0 Å². The fraction of sp³-hybridized carbons (Fsp3) is 0.846. The maximum Gasteiger partial charge on any atom is -0.0289 e. The van der Waals surface area contributed by atoms with Crippen molar-refractivity contribution < 1.29 is 0 Å². The molecule has 0 aliphatic carbocycles. The van der Waals surface area contributed by atoms with Gasteiger partial charge in [0.05, 0.1) is 0 Å². The van der Waals surface area contributed by atoms with Crippen LogP contribution in [0, 0.1) is 17.3 Å². The van der Waals surface area contributed by atoms with Crippen LogP contribution in [-0.4, -0.2) is 0 Å². The summed E-state index contributed by atoms with van der Waals surface area (Å²) in [6, 6.07) is 0. The third-order valence-electron chi connectivity index (χ3n) is 3.08. The van der Waals surface area contributed by atoms with E-state index in [1.807, 2.05) is 0 Å². The summed E-state index contributed by atoms with van der Waals surface area (Å²) in [6.45, 7) is 15.5. The molecule has 0 fully saturated rings. The Bertz CT molecular complexity index is 142. The third-order valence-corrected chi connectivity index (χ3v) is 3.08. The van der Waals surface area contributed by atoms with Crippen LogP contribution in [-0.2, 0) is 0 Å². The monoisotopic (exact) mass is 182 g/mol. The van der Waals surface area contributed by atoms with Gasteiger partial charge in [-0.25, -0.2) is 0 Å². The van der Waals surface area contributed by atoms with Crippen molar-refractivity contribution in [1.29, 1.82) is 0 Å². The molecule has 0 saturated carbocycles. The van der Waals surface area contributed by atoms with E-state index in [0.29, 0.717) is 5.41 Å². The van der Waals surface area contributed by atoms with Gasteiger partial charge in [-0.15, -0.1) is 6.58 Å². The summed E-state index contributed by atoms with van der Waals surface area (Å²) in [5, 5.41) is 0. The third kappa shape index (κ3) is 3.97. The molecule has 0 aromatic rings. The first kappa shape index (κ1) is 12.7. The van der Waals surface area contributed by atoms with E-state index in [2.05, 4.69) is 47.3 Å². The lowest BCUT2D eigenvalue weighted by molar-refractivity contribution is 0.146. The van der Waals surface area contributed by atoms with Crippen molar-refractivity contribution in [2.24, 2.45) is 17.3 Å². The Hall–Kier alpha value is -0.260. The standard InChI is InChI=1S/C13H26/c1-7-9-12(11(3)4)13(5,6)10-8-2/h8,11-12H,2,7,9-10H2,1,3-6H3/t12-/m0/s1. The first-order chi connectivity index (χ1) is 5.95. The van der Waals surface area contributed by atoms with Crippen LogP contribution in [0.3, 0.4) is 0 Å². The van der Waals surface area contributed by atoms with E-state index in [1.165, 1.54) is 12.8 Å². The quantitative estimate of drug-likeness (QED) is 0.524. The average Bonchev–Trinajstić information content (AvgIpc) is 1.99. The zero-order valence-electron chi connectivity index (χ0n) is 10.1. The maximum atomic E-state index is 3.85. The van der Waals surface area contributed by atoms with Crippen molar-refractivity contribution in [1.82, 2.24) is 0 Å². The predicted octanol–water partition coefficient (Wildman–Crippen LogP) is 4.66. The lowest BCUT2D eigenvalue weighted by atomic mass is 9.69. The molecule has 0 nitrogen and oxygen atoms in total. The first-order valence-electron chi connectivity index (χ1n) is 5.56. The summed E-state index contributed by atoms with van der Waals surface area (Å²) in [7, 11) is 0. The predicted molar refractivity (Wildman–Crippen MR) is 61.8 cm³/mol. The molecule has 0 radical (unpaired) electrons. The smallest absolute Gasteiger partial charge is 0.0289 e. The SMILES string of the molecule is C=CCC(C)(C)[C@@H](CCC)C(C)C. The molecule has 0 aromatic carbocycles. The largest absolute Gasteiger partial charge is 0.103 e. The highest BCUT2D eigenvalue weighted by atomic mass is 14.3. The lowest BCUT2D eigenvalue weighted by Crippen LogP contribution is -2.27. The molecular formula is C13H26. The number of hydrogen-bond acceptors (Lipinski definition) is 0. The van der Waals surface area contributed by atoms with Crippen LogP contribution in [0.15, 0.2) is 12.7 Å². The Kier molecular flexibility index (Phi) is 5.36. The summed E-state index contributed by atoms with van der Waals surface area (Å²) in [4.78, 5) is 0. The molecule has 0 rings (SSSR count). The normalized spacial score (nSPS) is 14.6. The molecule has 0 spiro atoms. The maximum absolute atomic E-state index is 3.85. The minimum atomic E-state index is 0.423. The summed E-state index contributed by atoms with van der Waals surface area (Å²) >= 11 is 0. The number of hydrogen-bond donors (Lipinski definition) is 0. The van der Waals surface area contributed by atoms with E-state index in [0.717, 1.165) is 18.3 Å². The first-order valence-corrected chi connectivity index (χ1v) is 5.56. The Morgan fingerprint density at radius 3 is 2.15 bits per heavy atom. The molecule has 0 heterocycles. The summed E-state index contributed by atoms with van der Waals surface area (Å²) in [5.41, 5.74) is 0.423. The molecule has 0 heteroatoms. The van der Waals surface area contributed by atoms with Gasteiger partial charge < -0.3 is 0 Å². The fourth-order valence-electron chi connectivity index (χ4n) is 2.46. The Morgan fingerprint density at radius 1 is 1.31 bits per heavy atom. The molecule has 0 aromatic heterocycles. The Morgan fingerprint density at radius 2 is 1.85 bits per heavy atom. The second-order valence-electron chi connectivity index (χ2n) is 5.12. The van der Waals surface area contributed by atoms with Crippen LogP contribution in [0.5, 0.6) is 0 Å². The molecular weight excluding hydrogens is 156 g/mol. The van der Waals surface area contributed by atoms with Gasteiger partial charge in [-0.1, -0.05) is 47.1 Å². The second kappa shape index (κ2) is 5.47. The highest BCUT2D eigenvalue weighted by Crippen LogP contribution is 2.38. The van der Waals surface area contributed by atoms with Gasteiger partial charge in [-0.3, -0.25) is 0 Å². The highest BCUT2D eigenvalue weighted by Gasteiger charge is 2.29. The van der Waals surface area contributed by atoms with E-state index in [-0.39, 0.29) is 0 Å². The molecule has 0 saturated heterocycles. The topological polar surface area (TPSA) is 0 Å². The van der Waals surface area contributed by atoms with E-state index >= 15 is 0 Å². The van der Waals surface area contributed by atoms with Crippen molar-refractivity contribution in [2.75, 3.05) is 0 Å². The van der Waals surface area contributed by atoms with Gasteiger partial charge >= 0.3 is 0 Å². The molecule has 0 unspecified atom stereocenters. The van der Waals surface area contributed by atoms with E-state index in [9.17, 15) is 0 Å². The van der Waals surface area contributed by atoms with Gasteiger partial charge in [0.1, 0.15) is 0 Å². The fourth-order valence-corrected chi connectivity index (χ4v) is 2.46. The van der Waals surface area contributed by atoms with Gasteiger partial charge in [0.25, 0.3) is 0 Å². The van der Waals surface area contributed by atoms with E-state index in [1.54, 1.807) is 0 Å². The van der Waals surface area contributed by atoms with Crippen molar-refractivity contribution in [3.8, 4) is 0 Å². The highest BCUT2D eigenvalue weighted by molar-refractivity contribution is 4.86. The van der Waals surface area contributed by atoms with Crippen molar-refractivity contribution >= 4 is 0 Å². The Balaban J connectivity index is 4.40. The van der Waals surface area contributed by atoms with Gasteiger partial charge in [0.2, 0.25) is 0 Å². The summed E-state index contributed by atoms with van der Waals surface area (Å²) in [6.07, 6.45) is 5.84. The van der Waals surface area contributed by atoms with E-state index < -0.39 is 0 Å². The summed E-state index contributed by atoms with van der Waals surface area (Å²) in [5.74, 6) is 1.62. The minimum absolute atomic E-state index is 0.423. The molecule has 0 bridgehead atoms. The van der Waals surface area contributed by atoms with Crippen molar-refractivity contribution in [3.05, 3.63) is 12.7 Å². The molecule has 0 aliphatic rings. The Labute approximate surface area is 84.4 Å². The van der Waals surface area contributed by atoms with Gasteiger partial charge in [0, 0.05) is 0 Å². The van der Waals surface area contributed by atoms with Crippen LogP contribution < -0.4 is 0 Å². The number of allylic oxidation sites excluding steroid dienone is 1. The molecule has 1 atom stereocenters. The van der Waals surface area contributed by atoms with Crippen LogP contribution in [0.1, 0.15) is 53.9 Å². The van der Waals surface area contributed by atoms with Crippen LogP contribution >= 0.6 is 0 Å². The lowest BCUT2D eigenvalue weighted by Gasteiger charge is -2.36. The second-order valence-corrected chi connectivity index (χ2v) is 5.12. The van der Waals surface area contributed by atoms with Crippen molar-refractivity contribution in [3.63, 3.8) is 0 Å². The van der Waals surface area contributed by atoms with Gasteiger partial charge in [0.15, 0.2) is 0 Å². The average molecular weight is 182 g/mol. The molecule has 0 N–H and O–H groups in total. The zero-order chi connectivity index (χ0) is 10.5. The minimum Gasteiger partial charge on any atom is -0.103 e. The van der Waals surface area contributed by atoms with Crippen LogP contribution in [0.4, 0.5) is 0 Å². The van der Waals surface area contributed by atoms with Crippen LogP contribution in [0.2, 0.25) is 0 Å². The molecule has 13 heavy (non-hydrogen) atoms. The molecule has 78 valence electrons. The van der Waals surface area contributed by atoms with Gasteiger partial charge in [-0.2, -0.15) is 0 Å². The molecule has 0 aliphatic heterocycles. The zero-order valence-corrected chi connectivity index (χ0v) is 10.1. The van der Waals surface area contributed by atoms with Gasteiger partial charge in [-0.05, 0) is 30.1 Å². The van der Waals surface area contributed by atoms with Crippen molar-refractivity contribution in [2.45, 2.75) is 53.9 Å². The number of rotatable bonds is 6. The van der Waals surface area contributed by atoms with Crippen LogP contribution in [0.25, 0.3) is 0 Å². The molecule has 0 amide bonds. The summed E-state index contributed by atoms with van der Waals surface area (Å²) < 4.78 is 0.